The van der Waals surface area contributed by atoms with Gasteiger partial charge in [0.1, 0.15) is 11.9 Å². The summed E-state index contributed by atoms with van der Waals surface area (Å²) in [5.74, 6) is -0.303. The Balaban J connectivity index is 2.04. The Hall–Kier alpha value is -1.47. The average molecular weight is 385 g/mol. The average Bonchev–Trinajstić information content (AvgIpc) is 3.13. The molecule has 0 radical (unpaired) electrons. The summed E-state index contributed by atoms with van der Waals surface area (Å²) in [5, 5.41) is 2.94. The SMILES string of the molecule is CCCCC(CC)CNC(=O)C1CCCN1S(=O)(=O)c1ccc(F)cc1. The van der Waals surface area contributed by atoms with Crippen LogP contribution < -0.4 is 5.32 Å². The summed E-state index contributed by atoms with van der Waals surface area (Å²) in [5.41, 5.74) is 0. The maximum Gasteiger partial charge on any atom is 0.243 e. The number of nitrogens with zero attached hydrogens (tertiary/aromatic N) is 1. The van der Waals surface area contributed by atoms with E-state index in [1.54, 1.807) is 0 Å². The molecule has 1 N–H and O–H groups in total. The fourth-order valence-corrected chi connectivity index (χ4v) is 4.99. The van der Waals surface area contributed by atoms with Crippen LogP contribution in [0, 0.1) is 11.7 Å². The molecular formula is C19H29FN2O3S. The summed E-state index contributed by atoms with van der Waals surface area (Å²) >= 11 is 0. The van der Waals surface area contributed by atoms with E-state index in [4.69, 9.17) is 0 Å². The molecule has 2 atom stereocenters. The van der Waals surface area contributed by atoms with Crippen molar-refractivity contribution in [3.63, 3.8) is 0 Å². The molecule has 1 saturated heterocycles. The molecule has 2 rings (SSSR count). The molecule has 0 bridgehead atoms. The van der Waals surface area contributed by atoms with E-state index in [0.717, 1.165) is 37.8 Å². The van der Waals surface area contributed by atoms with Crippen LogP contribution in [-0.4, -0.2) is 37.8 Å². The number of unbranched alkanes of at least 4 members (excludes halogenated alkanes) is 1. The fraction of sp³-hybridized carbons (Fsp3) is 0.632. The van der Waals surface area contributed by atoms with Crippen LogP contribution in [0.5, 0.6) is 0 Å². The van der Waals surface area contributed by atoms with Crippen molar-refractivity contribution in [1.29, 1.82) is 0 Å². The summed E-state index contributed by atoms with van der Waals surface area (Å²) < 4.78 is 40.0. The van der Waals surface area contributed by atoms with Crippen molar-refractivity contribution >= 4 is 15.9 Å². The molecule has 0 spiro atoms. The van der Waals surface area contributed by atoms with Crippen LogP contribution in [0.4, 0.5) is 4.39 Å². The van der Waals surface area contributed by atoms with E-state index in [-0.39, 0.29) is 10.8 Å². The molecule has 0 aromatic heterocycles. The largest absolute Gasteiger partial charge is 0.354 e. The van der Waals surface area contributed by atoms with Gasteiger partial charge in [0.2, 0.25) is 15.9 Å². The van der Waals surface area contributed by atoms with Gasteiger partial charge >= 0.3 is 0 Å². The smallest absolute Gasteiger partial charge is 0.243 e. The Kier molecular flexibility index (Phi) is 7.58. The first-order valence-corrected chi connectivity index (χ1v) is 10.9. The molecule has 1 amide bonds. The topological polar surface area (TPSA) is 66.5 Å². The number of hydrogen-bond acceptors (Lipinski definition) is 3. The number of carbonyl (C=O) groups is 1. The Bertz CT molecular complexity index is 691. The van der Waals surface area contributed by atoms with Gasteiger partial charge in [0, 0.05) is 13.1 Å². The molecule has 1 fully saturated rings. The molecular weight excluding hydrogens is 355 g/mol. The number of benzene rings is 1. The molecule has 5 nitrogen and oxygen atoms in total. The molecule has 146 valence electrons. The van der Waals surface area contributed by atoms with Crippen molar-refractivity contribution in [1.82, 2.24) is 9.62 Å². The van der Waals surface area contributed by atoms with Gasteiger partial charge in [0.05, 0.1) is 4.90 Å². The van der Waals surface area contributed by atoms with Crippen LogP contribution in [0.15, 0.2) is 29.2 Å². The lowest BCUT2D eigenvalue weighted by molar-refractivity contribution is -0.124. The van der Waals surface area contributed by atoms with Gasteiger partial charge in [-0.15, -0.1) is 0 Å². The minimum atomic E-state index is -3.80. The Morgan fingerprint density at radius 3 is 2.62 bits per heavy atom. The number of nitrogens with one attached hydrogen (secondary N) is 1. The van der Waals surface area contributed by atoms with Crippen LogP contribution in [0.2, 0.25) is 0 Å². The van der Waals surface area contributed by atoms with Crippen molar-refractivity contribution in [3.8, 4) is 0 Å². The summed E-state index contributed by atoms with van der Waals surface area (Å²) in [7, 11) is -3.80. The lowest BCUT2D eigenvalue weighted by atomic mass is 9.99. The highest BCUT2D eigenvalue weighted by Crippen LogP contribution is 2.26. The minimum Gasteiger partial charge on any atom is -0.354 e. The third kappa shape index (κ3) is 5.04. The van der Waals surface area contributed by atoms with Gasteiger partial charge < -0.3 is 5.32 Å². The number of amides is 1. The number of halogens is 1. The molecule has 0 aliphatic carbocycles. The van der Waals surface area contributed by atoms with Crippen LogP contribution in [0.3, 0.4) is 0 Å². The van der Waals surface area contributed by atoms with Gasteiger partial charge in [-0.2, -0.15) is 4.31 Å². The highest BCUT2D eigenvalue weighted by molar-refractivity contribution is 7.89. The second-order valence-electron chi connectivity index (χ2n) is 6.89. The van der Waals surface area contributed by atoms with Crippen molar-refractivity contribution < 1.29 is 17.6 Å². The zero-order valence-electron chi connectivity index (χ0n) is 15.6. The van der Waals surface area contributed by atoms with Crippen molar-refractivity contribution in [3.05, 3.63) is 30.1 Å². The number of rotatable bonds is 9. The number of hydrogen-bond donors (Lipinski definition) is 1. The van der Waals surface area contributed by atoms with Gasteiger partial charge in [-0.25, -0.2) is 12.8 Å². The van der Waals surface area contributed by atoms with Crippen LogP contribution in [-0.2, 0) is 14.8 Å². The van der Waals surface area contributed by atoms with Gasteiger partial charge in [-0.3, -0.25) is 4.79 Å². The zero-order chi connectivity index (χ0) is 19.2. The van der Waals surface area contributed by atoms with Crippen LogP contribution in [0.1, 0.15) is 52.4 Å². The summed E-state index contributed by atoms with van der Waals surface area (Å²) in [6, 6.07) is 4.05. The molecule has 1 heterocycles. The molecule has 1 aromatic rings. The van der Waals surface area contributed by atoms with Crippen LogP contribution in [0.25, 0.3) is 0 Å². The van der Waals surface area contributed by atoms with Crippen molar-refractivity contribution in [2.45, 2.75) is 63.3 Å². The van der Waals surface area contributed by atoms with E-state index in [2.05, 4.69) is 19.2 Å². The predicted octanol–water partition coefficient (Wildman–Crippen LogP) is 3.31. The van der Waals surface area contributed by atoms with E-state index in [0.29, 0.717) is 31.8 Å². The van der Waals surface area contributed by atoms with Crippen LogP contribution >= 0.6 is 0 Å². The standard InChI is InChI=1S/C19H29FN2O3S/c1-3-5-7-15(4-2)14-21-19(23)18-8-6-13-22(18)26(24,25)17-11-9-16(20)10-12-17/h9-12,15,18H,3-8,13-14H2,1-2H3,(H,21,23). The first kappa shape index (κ1) is 20.8. The molecule has 1 aliphatic rings. The Labute approximate surface area is 156 Å². The first-order chi connectivity index (χ1) is 12.4. The minimum absolute atomic E-state index is 0.0213. The monoisotopic (exact) mass is 384 g/mol. The van der Waals surface area contributed by atoms with Crippen molar-refractivity contribution in [2.24, 2.45) is 5.92 Å². The van der Waals surface area contributed by atoms with Gasteiger partial charge in [0.15, 0.2) is 0 Å². The highest BCUT2D eigenvalue weighted by atomic mass is 32.2. The predicted molar refractivity (Wildman–Crippen MR) is 99.6 cm³/mol. The molecule has 0 saturated carbocycles. The van der Waals surface area contributed by atoms with E-state index in [1.807, 2.05) is 0 Å². The second-order valence-corrected chi connectivity index (χ2v) is 8.78. The molecule has 1 aromatic carbocycles. The Morgan fingerprint density at radius 1 is 1.31 bits per heavy atom. The highest BCUT2D eigenvalue weighted by Gasteiger charge is 2.39. The maximum atomic E-state index is 13.1. The normalized spacial score (nSPS) is 19.4. The summed E-state index contributed by atoms with van der Waals surface area (Å²) in [6.45, 7) is 5.14. The Morgan fingerprint density at radius 2 is 2.00 bits per heavy atom. The lowest BCUT2D eigenvalue weighted by Gasteiger charge is -2.24. The maximum absolute atomic E-state index is 13.1. The van der Waals surface area contributed by atoms with E-state index in [1.165, 1.54) is 16.4 Å². The molecule has 7 heteroatoms. The lowest BCUT2D eigenvalue weighted by Crippen LogP contribution is -2.46. The summed E-state index contributed by atoms with van der Waals surface area (Å²) in [6.07, 6.45) is 5.46. The van der Waals surface area contributed by atoms with E-state index < -0.39 is 21.9 Å². The number of sulfonamides is 1. The third-order valence-electron chi connectivity index (χ3n) is 5.03. The number of carbonyl (C=O) groups excluding carboxylic acids is 1. The van der Waals surface area contributed by atoms with Gasteiger partial charge in [-0.1, -0.05) is 33.1 Å². The molecule has 1 aliphatic heterocycles. The van der Waals surface area contributed by atoms with Gasteiger partial charge in [0.25, 0.3) is 0 Å². The molecule has 2 unspecified atom stereocenters. The summed E-state index contributed by atoms with van der Waals surface area (Å²) in [4.78, 5) is 12.6. The molecule has 26 heavy (non-hydrogen) atoms. The quantitative estimate of drug-likeness (QED) is 0.710. The van der Waals surface area contributed by atoms with Gasteiger partial charge in [-0.05, 0) is 49.4 Å². The third-order valence-corrected chi connectivity index (χ3v) is 6.96. The fourth-order valence-electron chi connectivity index (χ4n) is 3.34. The van der Waals surface area contributed by atoms with E-state index >= 15 is 0 Å². The zero-order valence-corrected chi connectivity index (χ0v) is 16.4. The first-order valence-electron chi connectivity index (χ1n) is 9.45. The van der Waals surface area contributed by atoms with E-state index in [9.17, 15) is 17.6 Å². The van der Waals surface area contributed by atoms with Crippen molar-refractivity contribution in [2.75, 3.05) is 13.1 Å². The second kappa shape index (κ2) is 9.46.